The molecule has 3 heteroatoms. The van der Waals surface area contributed by atoms with Crippen molar-refractivity contribution in [3.05, 3.63) is 35.4 Å². The van der Waals surface area contributed by atoms with Gasteiger partial charge in [0.2, 0.25) is 0 Å². The lowest BCUT2D eigenvalue weighted by molar-refractivity contribution is 0.0927. The van der Waals surface area contributed by atoms with E-state index in [2.05, 4.69) is 16.3 Å². The van der Waals surface area contributed by atoms with E-state index in [0.29, 0.717) is 11.7 Å². The van der Waals surface area contributed by atoms with E-state index in [4.69, 9.17) is 0 Å². The van der Waals surface area contributed by atoms with Crippen LogP contribution in [0.3, 0.4) is 0 Å². The maximum Gasteiger partial charge on any atom is 0.163 e. The predicted octanol–water partition coefficient (Wildman–Crippen LogP) is 1.34. The minimum absolute atomic E-state index is 0.331. The van der Waals surface area contributed by atoms with Crippen LogP contribution < -0.4 is 5.32 Å². The summed E-state index contributed by atoms with van der Waals surface area (Å²) in [5, 5.41) is 3.37. The lowest BCUT2D eigenvalue weighted by atomic mass is 9.83. The van der Waals surface area contributed by atoms with Crippen LogP contribution in [0.1, 0.15) is 22.3 Å². The van der Waals surface area contributed by atoms with Gasteiger partial charge in [0.15, 0.2) is 5.78 Å². The van der Waals surface area contributed by atoms with Gasteiger partial charge in [-0.05, 0) is 17.9 Å². The number of benzene rings is 1. The summed E-state index contributed by atoms with van der Waals surface area (Å²) < 4.78 is 0. The highest BCUT2D eigenvalue weighted by Gasteiger charge is 2.26. The van der Waals surface area contributed by atoms with Gasteiger partial charge in [-0.1, -0.05) is 24.3 Å². The third-order valence-corrected chi connectivity index (χ3v) is 4.03. The summed E-state index contributed by atoms with van der Waals surface area (Å²) in [4.78, 5) is 14.6. The van der Waals surface area contributed by atoms with Crippen LogP contribution in [0, 0.1) is 5.92 Å². The van der Waals surface area contributed by atoms with Gasteiger partial charge in [-0.3, -0.25) is 4.79 Å². The van der Waals surface area contributed by atoms with Crippen LogP contribution in [0.4, 0.5) is 0 Å². The average Bonchev–Trinajstić information content (AvgIpc) is 2.40. The fraction of sp³-hybridized carbons (Fsp3) is 0.533. The quantitative estimate of drug-likeness (QED) is 0.852. The molecule has 1 N–H and O–H groups in total. The molecule has 1 saturated heterocycles. The number of nitrogens with zero attached hydrogens (tertiary/aromatic N) is 1. The fourth-order valence-electron chi connectivity index (χ4n) is 3.11. The fourth-order valence-corrected chi connectivity index (χ4v) is 3.11. The van der Waals surface area contributed by atoms with Crippen molar-refractivity contribution in [2.75, 3.05) is 32.7 Å². The Balaban J connectivity index is 1.68. The molecule has 0 saturated carbocycles. The lowest BCUT2D eigenvalue weighted by Crippen LogP contribution is -2.46. The summed E-state index contributed by atoms with van der Waals surface area (Å²) in [5.41, 5.74) is 2.20. The minimum atomic E-state index is 0.331. The molecule has 1 heterocycles. The van der Waals surface area contributed by atoms with Gasteiger partial charge in [0.05, 0.1) is 0 Å². The molecule has 1 atom stereocenters. The van der Waals surface area contributed by atoms with E-state index in [1.54, 1.807) is 0 Å². The van der Waals surface area contributed by atoms with Crippen molar-refractivity contribution in [3.63, 3.8) is 0 Å². The van der Waals surface area contributed by atoms with Crippen LogP contribution in [0.25, 0.3) is 0 Å². The number of piperazine rings is 1. The highest BCUT2D eigenvalue weighted by Crippen LogP contribution is 2.26. The SMILES string of the molecule is O=C1C[C@@H](CN2CCNCC2)Cc2ccccc21. The van der Waals surface area contributed by atoms with Crippen molar-refractivity contribution in [1.82, 2.24) is 10.2 Å². The van der Waals surface area contributed by atoms with Crippen LogP contribution in [0.15, 0.2) is 24.3 Å². The first-order chi connectivity index (χ1) is 8.83. The number of nitrogens with one attached hydrogen (secondary N) is 1. The predicted molar refractivity (Wildman–Crippen MR) is 71.9 cm³/mol. The third-order valence-electron chi connectivity index (χ3n) is 4.03. The monoisotopic (exact) mass is 244 g/mol. The van der Waals surface area contributed by atoms with E-state index in [1.807, 2.05) is 18.2 Å². The molecule has 0 unspecified atom stereocenters. The Morgan fingerprint density at radius 3 is 2.78 bits per heavy atom. The Kier molecular flexibility index (Phi) is 3.43. The van der Waals surface area contributed by atoms with Gasteiger partial charge in [-0.15, -0.1) is 0 Å². The number of carbonyl (C=O) groups is 1. The van der Waals surface area contributed by atoms with Gasteiger partial charge < -0.3 is 10.2 Å². The standard InChI is InChI=1S/C15H20N2O/c18-15-10-12(11-17-7-5-16-6-8-17)9-13-3-1-2-4-14(13)15/h1-4,12,16H,5-11H2/t12-/m0/s1. The molecule has 1 fully saturated rings. The molecule has 1 aliphatic heterocycles. The molecule has 0 radical (unpaired) electrons. The summed E-state index contributed by atoms with van der Waals surface area (Å²) in [6, 6.07) is 8.09. The maximum absolute atomic E-state index is 12.1. The largest absolute Gasteiger partial charge is 0.314 e. The summed E-state index contributed by atoms with van der Waals surface area (Å²) in [5.74, 6) is 0.836. The second kappa shape index (κ2) is 5.21. The zero-order chi connectivity index (χ0) is 12.4. The van der Waals surface area contributed by atoms with Gasteiger partial charge in [-0.25, -0.2) is 0 Å². The number of fused-ring (bicyclic) bond motifs is 1. The van der Waals surface area contributed by atoms with Gasteiger partial charge in [0.1, 0.15) is 0 Å². The molecule has 0 bridgehead atoms. The average molecular weight is 244 g/mol. The minimum Gasteiger partial charge on any atom is -0.314 e. The second-order valence-corrected chi connectivity index (χ2v) is 5.41. The lowest BCUT2D eigenvalue weighted by Gasteiger charge is -2.32. The molecule has 0 spiro atoms. The van der Waals surface area contributed by atoms with Gasteiger partial charge >= 0.3 is 0 Å². The summed E-state index contributed by atoms with van der Waals surface area (Å²) >= 11 is 0. The van der Waals surface area contributed by atoms with Gasteiger partial charge in [0, 0.05) is 44.7 Å². The Morgan fingerprint density at radius 2 is 1.94 bits per heavy atom. The van der Waals surface area contributed by atoms with Crippen molar-refractivity contribution in [3.8, 4) is 0 Å². The molecule has 1 aromatic carbocycles. The summed E-state index contributed by atoms with van der Waals surface area (Å²) in [7, 11) is 0. The molecule has 3 rings (SSSR count). The van der Waals surface area contributed by atoms with Crippen molar-refractivity contribution in [2.45, 2.75) is 12.8 Å². The molecule has 0 amide bonds. The highest BCUT2D eigenvalue weighted by molar-refractivity contribution is 5.98. The second-order valence-electron chi connectivity index (χ2n) is 5.41. The first-order valence-electron chi connectivity index (χ1n) is 6.87. The summed E-state index contributed by atoms with van der Waals surface area (Å²) in [6.07, 6.45) is 1.78. The van der Waals surface area contributed by atoms with Crippen LogP contribution in [-0.4, -0.2) is 43.4 Å². The van der Waals surface area contributed by atoms with E-state index in [1.165, 1.54) is 5.56 Å². The molecule has 0 aromatic heterocycles. The molecule has 1 aromatic rings. The number of hydrogen-bond acceptors (Lipinski definition) is 3. The Labute approximate surface area is 108 Å². The smallest absolute Gasteiger partial charge is 0.163 e. The molecular weight excluding hydrogens is 224 g/mol. The Morgan fingerprint density at radius 1 is 1.17 bits per heavy atom. The van der Waals surface area contributed by atoms with E-state index < -0.39 is 0 Å². The highest BCUT2D eigenvalue weighted by atomic mass is 16.1. The molecule has 96 valence electrons. The number of rotatable bonds is 2. The van der Waals surface area contributed by atoms with Crippen LogP contribution >= 0.6 is 0 Å². The van der Waals surface area contributed by atoms with Crippen LogP contribution in [0.5, 0.6) is 0 Å². The van der Waals surface area contributed by atoms with Crippen molar-refractivity contribution in [2.24, 2.45) is 5.92 Å². The summed E-state index contributed by atoms with van der Waals surface area (Å²) in [6.45, 7) is 5.47. The first-order valence-corrected chi connectivity index (χ1v) is 6.87. The van der Waals surface area contributed by atoms with Crippen molar-refractivity contribution < 1.29 is 4.79 Å². The number of carbonyl (C=O) groups excluding carboxylic acids is 1. The van der Waals surface area contributed by atoms with E-state index in [9.17, 15) is 4.79 Å². The number of hydrogen-bond donors (Lipinski definition) is 1. The molecule has 3 nitrogen and oxygen atoms in total. The first kappa shape index (κ1) is 11.9. The normalized spacial score (nSPS) is 24.9. The topological polar surface area (TPSA) is 32.3 Å². The van der Waals surface area contributed by atoms with Crippen LogP contribution in [0.2, 0.25) is 0 Å². The molecule has 1 aliphatic carbocycles. The Bertz CT molecular complexity index is 438. The zero-order valence-electron chi connectivity index (χ0n) is 10.7. The number of Topliss-reactive ketones (excluding diaryl/α,β-unsaturated/α-hetero) is 1. The maximum atomic E-state index is 12.1. The van der Waals surface area contributed by atoms with Gasteiger partial charge in [0.25, 0.3) is 0 Å². The zero-order valence-corrected chi connectivity index (χ0v) is 10.7. The van der Waals surface area contributed by atoms with E-state index >= 15 is 0 Å². The Hall–Kier alpha value is -1.19. The van der Waals surface area contributed by atoms with Gasteiger partial charge in [-0.2, -0.15) is 0 Å². The third kappa shape index (κ3) is 2.47. The van der Waals surface area contributed by atoms with E-state index in [-0.39, 0.29) is 0 Å². The number of ketones is 1. The van der Waals surface area contributed by atoms with Crippen molar-refractivity contribution in [1.29, 1.82) is 0 Å². The molecular formula is C15H20N2O. The molecule has 2 aliphatic rings. The molecule has 18 heavy (non-hydrogen) atoms. The van der Waals surface area contributed by atoms with Crippen molar-refractivity contribution >= 4 is 5.78 Å². The van der Waals surface area contributed by atoms with Crippen LogP contribution in [-0.2, 0) is 6.42 Å². The van der Waals surface area contributed by atoms with E-state index in [0.717, 1.165) is 51.1 Å².